The van der Waals surface area contributed by atoms with E-state index in [2.05, 4.69) is 5.32 Å². The lowest BCUT2D eigenvalue weighted by Crippen LogP contribution is -2.38. The fourth-order valence-corrected chi connectivity index (χ4v) is 3.31. The Bertz CT molecular complexity index is 529. The molecule has 1 aromatic rings. The highest BCUT2D eigenvalue weighted by Crippen LogP contribution is 2.22. The maximum absolute atomic E-state index is 11.7. The second-order valence-electron chi connectivity index (χ2n) is 4.71. The number of anilines is 1. The summed E-state index contributed by atoms with van der Waals surface area (Å²) < 4.78 is 2.60. The van der Waals surface area contributed by atoms with Gasteiger partial charge in [-0.3, -0.25) is 13.9 Å². The first-order chi connectivity index (χ1) is 8.59. The third kappa shape index (κ3) is 2.80. The maximum atomic E-state index is 11.7. The topological polar surface area (TPSA) is 56.0 Å². The van der Waals surface area contributed by atoms with E-state index in [0.29, 0.717) is 11.7 Å². The van der Waals surface area contributed by atoms with Gasteiger partial charge in [-0.1, -0.05) is 0 Å². The Morgan fingerprint density at radius 1 is 1.28 bits per heavy atom. The van der Waals surface area contributed by atoms with Gasteiger partial charge in [-0.25, -0.2) is 4.79 Å². The first-order valence-corrected chi connectivity index (χ1v) is 7.33. The van der Waals surface area contributed by atoms with E-state index >= 15 is 0 Å². The van der Waals surface area contributed by atoms with Crippen LogP contribution in [0.15, 0.2) is 15.7 Å². The highest BCUT2D eigenvalue weighted by atomic mass is 32.2. The number of hydrogen-bond acceptors (Lipinski definition) is 4. The van der Waals surface area contributed by atoms with Crippen LogP contribution in [0.3, 0.4) is 0 Å². The molecule has 18 heavy (non-hydrogen) atoms. The van der Waals surface area contributed by atoms with Crippen LogP contribution in [0.5, 0.6) is 0 Å². The van der Waals surface area contributed by atoms with Crippen LogP contribution in [-0.2, 0) is 14.1 Å². The Hall–Kier alpha value is -1.17. The number of aromatic nitrogens is 2. The molecule has 0 spiro atoms. The highest BCUT2D eigenvalue weighted by molar-refractivity contribution is 7.99. The molecule has 1 N–H and O–H groups in total. The monoisotopic (exact) mass is 269 g/mol. The van der Waals surface area contributed by atoms with Gasteiger partial charge in [0, 0.05) is 26.7 Å². The lowest BCUT2D eigenvalue weighted by molar-refractivity contribution is 0.513. The third-order valence-electron chi connectivity index (χ3n) is 3.44. The SMILES string of the molecule is Cn1c(NCC2CCSCC2)cc(=O)n(C)c1=O. The van der Waals surface area contributed by atoms with E-state index in [1.807, 2.05) is 11.8 Å². The van der Waals surface area contributed by atoms with E-state index in [1.165, 1.54) is 42.0 Å². The minimum atomic E-state index is -0.288. The zero-order valence-corrected chi connectivity index (χ0v) is 11.6. The van der Waals surface area contributed by atoms with Crippen molar-refractivity contribution in [2.45, 2.75) is 12.8 Å². The molecule has 0 bridgehead atoms. The average molecular weight is 269 g/mol. The van der Waals surface area contributed by atoms with Gasteiger partial charge in [0.2, 0.25) is 0 Å². The summed E-state index contributed by atoms with van der Waals surface area (Å²) in [7, 11) is 3.17. The minimum Gasteiger partial charge on any atom is -0.371 e. The molecule has 0 aromatic carbocycles. The van der Waals surface area contributed by atoms with Gasteiger partial charge in [0.1, 0.15) is 5.82 Å². The molecule has 0 atom stereocenters. The van der Waals surface area contributed by atoms with Gasteiger partial charge in [0.05, 0.1) is 0 Å². The zero-order chi connectivity index (χ0) is 13.1. The summed E-state index contributed by atoms with van der Waals surface area (Å²) in [6, 6.07) is 1.49. The number of thioether (sulfide) groups is 1. The molecule has 1 aliphatic heterocycles. The molecule has 1 aliphatic rings. The Morgan fingerprint density at radius 3 is 2.61 bits per heavy atom. The van der Waals surface area contributed by atoms with E-state index in [1.54, 1.807) is 7.05 Å². The molecule has 1 saturated heterocycles. The Kier molecular flexibility index (Phi) is 4.16. The fourth-order valence-electron chi connectivity index (χ4n) is 2.10. The molecule has 0 amide bonds. The molecular formula is C12H19N3O2S. The van der Waals surface area contributed by atoms with E-state index in [0.717, 1.165) is 11.1 Å². The van der Waals surface area contributed by atoms with Crippen molar-refractivity contribution in [2.24, 2.45) is 20.0 Å². The molecule has 0 aliphatic carbocycles. The van der Waals surface area contributed by atoms with Crippen molar-refractivity contribution in [1.29, 1.82) is 0 Å². The fraction of sp³-hybridized carbons (Fsp3) is 0.667. The van der Waals surface area contributed by atoms with Gasteiger partial charge in [-0.05, 0) is 30.3 Å². The van der Waals surface area contributed by atoms with Crippen LogP contribution in [-0.4, -0.2) is 27.2 Å². The van der Waals surface area contributed by atoms with Gasteiger partial charge in [-0.2, -0.15) is 11.8 Å². The highest BCUT2D eigenvalue weighted by Gasteiger charge is 2.14. The van der Waals surface area contributed by atoms with Crippen molar-refractivity contribution in [3.63, 3.8) is 0 Å². The molecule has 5 nitrogen and oxygen atoms in total. The van der Waals surface area contributed by atoms with Gasteiger partial charge >= 0.3 is 5.69 Å². The molecule has 0 radical (unpaired) electrons. The molecule has 100 valence electrons. The third-order valence-corrected chi connectivity index (χ3v) is 4.49. The van der Waals surface area contributed by atoms with E-state index in [-0.39, 0.29) is 11.2 Å². The Morgan fingerprint density at radius 2 is 1.94 bits per heavy atom. The number of hydrogen-bond donors (Lipinski definition) is 1. The van der Waals surface area contributed by atoms with Gasteiger partial charge < -0.3 is 5.32 Å². The molecule has 1 fully saturated rings. The predicted molar refractivity (Wildman–Crippen MR) is 75.5 cm³/mol. The van der Waals surface area contributed by atoms with Crippen LogP contribution in [0, 0.1) is 5.92 Å². The summed E-state index contributed by atoms with van der Waals surface area (Å²) in [5.41, 5.74) is -0.552. The summed E-state index contributed by atoms with van der Waals surface area (Å²) in [6.07, 6.45) is 2.41. The quantitative estimate of drug-likeness (QED) is 0.875. The van der Waals surface area contributed by atoms with Crippen molar-refractivity contribution in [2.75, 3.05) is 23.4 Å². The van der Waals surface area contributed by atoms with Crippen molar-refractivity contribution in [1.82, 2.24) is 9.13 Å². The number of rotatable bonds is 3. The first-order valence-electron chi connectivity index (χ1n) is 6.18. The normalized spacial score (nSPS) is 16.8. The molecule has 0 saturated carbocycles. The van der Waals surface area contributed by atoms with E-state index in [4.69, 9.17) is 0 Å². The van der Waals surface area contributed by atoms with E-state index in [9.17, 15) is 9.59 Å². The van der Waals surface area contributed by atoms with E-state index < -0.39 is 0 Å². The van der Waals surface area contributed by atoms with Crippen molar-refractivity contribution in [3.8, 4) is 0 Å². The Labute approximate surface area is 110 Å². The minimum absolute atomic E-state index is 0.264. The summed E-state index contributed by atoms with van der Waals surface area (Å²) >= 11 is 1.99. The molecule has 2 rings (SSSR count). The van der Waals surface area contributed by atoms with Crippen LogP contribution in [0.4, 0.5) is 5.82 Å². The average Bonchev–Trinajstić information content (AvgIpc) is 2.40. The number of nitrogens with one attached hydrogen (secondary N) is 1. The molecular weight excluding hydrogens is 250 g/mol. The van der Waals surface area contributed by atoms with Crippen LogP contribution in [0.1, 0.15) is 12.8 Å². The lowest BCUT2D eigenvalue weighted by atomic mass is 10.0. The summed E-state index contributed by atoms with van der Waals surface area (Å²) in [5.74, 6) is 3.68. The standard InChI is InChI=1S/C12H19N3O2S/c1-14-10(7-11(16)15(2)12(14)17)13-8-9-3-5-18-6-4-9/h7,9,13H,3-6,8H2,1-2H3. The molecule has 2 heterocycles. The van der Waals surface area contributed by atoms with Crippen LogP contribution < -0.4 is 16.6 Å². The maximum Gasteiger partial charge on any atom is 0.332 e. The zero-order valence-electron chi connectivity index (χ0n) is 10.8. The van der Waals surface area contributed by atoms with Crippen molar-refractivity contribution in [3.05, 3.63) is 26.9 Å². The molecule has 6 heteroatoms. The Balaban J connectivity index is 2.10. The summed E-state index contributed by atoms with van der Waals surface area (Å²) in [6.45, 7) is 0.834. The molecule has 0 unspecified atom stereocenters. The van der Waals surface area contributed by atoms with Crippen molar-refractivity contribution < 1.29 is 0 Å². The van der Waals surface area contributed by atoms with Gasteiger partial charge in [-0.15, -0.1) is 0 Å². The predicted octanol–water partition coefficient (Wildman–Crippen LogP) is 0.639. The first kappa shape index (κ1) is 13.3. The largest absolute Gasteiger partial charge is 0.371 e. The van der Waals surface area contributed by atoms with Crippen molar-refractivity contribution >= 4 is 17.6 Å². The van der Waals surface area contributed by atoms with Crippen LogP contribution >= 0.6 is 11.8 Å². The second kappa shape index (κ2) is 5.65. The second-order valence-corrected chi connectivity index (χ2v) is 5.93. The smallest absolute Gasteiger partial charge is 0.332 e. The number of nitrogens with zero attached hydrogens (tertiary/aromatic N) is 2. The summed E-state index contributed by atoms with van der Waals surface area (Å²) in [4.78, 5) is 23.3. The van der Waals surface area contributed by atoms with Crippen LogP contribution in [0.25, 0.3) is 0 Å². The molecule has 1 aromatic heterocycles. The van der Waals surface area contributed by atoms with Crippen LogP contribution in [0.2, 0.25) is 0 Å². The van der Waals surface area contributed by atoms with Gasteiger partial charge in [0.15, 0.2) is 0 Å². The summed E-state index contributed by atoms with van der Waals surface area (Å²) in [5, 5.41) is 3.23. The lowest BCUT2D eigenvalue weighted by Gasteiger charge is -2.22. The van der Waals surface area contributed by atoms with Gasteiger partial charge in [0.25, 0.3) is 5.56 Å².